The number of esters is 1. The lowest BCUT2D eigenvalue weighted by Gasteiger charge is -2.15. The van der Waals surface area contributed by atoms with Crippen molar-refractivity contribution in [1.82, 2.24) is 20.0 Å². The van der Waals surface area contributed by atoms with Gasteiger partial charge in [0, 0.05) is 26.4 Å². The highest BCUT2D eigenvalue weighted by atomic mass is 28.3. The molecule has 0 N–H and O–H groups in total. The Labute approximate surface area is 143 Å². The molecule has 130 valence electrons. The van der Waals surface area contributed by atoms with Crippen LogP contribution in [0.2, 0.25) is 25.7 Å². The Hall–Kier alpha value is -2.06. The van der Waals surface area contributed by atoms with Gasteiger partial charge in [0.25, 0.3) is 0 Å². The molecule has 7 nitrogen and oxygen atoms in total. The summed E-state index contributed by atoms with van der Waals surface area (Å²) in [5.41, 5.74) is 1.67. The van der Waals surface area contributed by atoms with Crippen LogP contribution in [0.5, 0.6) is 0 Å². The molecule has 0 spiro atoms. The molecule has 0 saturated carbocycles. The van der Waals surface area contributed by atoms with Crippen molar-refractivity contribution in [2.75, 3.05) is 13.2 Å². The van der Waals surface area contributed by atoms with E-state index in [2.05, 4.69) is 34.9 Å². The minimum absolute atomic E-state index is 0.197. The van der Waals surface area contributed by atoms with Gasteiger partial charge in [-0.25, -0.2) is 9.48 Å². The molecule has 0 saturated heterocycles. The predicted molar refractivity (Wildman–Crippen MR) is 93.3 cm³/mol. The summed E-state index contributed by atoms with van der Waals surface area (Å²) in [5, 5.41) is 12.2. The molecule has 0 aromatic carbocycles. The quantitative estimate of drug-likeness (QED) is 0.415. The van der Waals surface area contributed by atoms with Gasteiger partial charge in [0.2, 0.25) is 0 Å². The molecule has 2 aromatic heterocycles. The zero-order valence-corrected chi connectivity index (χ0v) is 15.7. The van der Waals surface area contributed by atoms with Crippen LogP contribution in [0.1, 0.15) is 17.4 Å². The van der Waals surface area contributed by atoms with Gasteiger partial charge in [-0.2, -0.15) is 5.10 Å². The van der Waals surface area contributed by atoms with Gasteiger partial charge >= 0.3 is 5.97 Å². The van der Waals surface area contributed by atoms with Crippen LogP contribution in [0.15, 0.2) is 24.5 Å². The van der Waals surface area contributed by atoms with Gasteiger partial charge in [-0.3, -0.25) is 0 Å². The Morgan fingerprint density at radius 2 is 2.04 bits per heavy atom. The first-order valence-corrected chi connectivity index (χ1v) is 11.7. The minimum Gasteiger partial charge on any atom is -0.461 e. The first-order valence-electron chi connectivity index (χ1n) is 8.00. The molecular formula is C16H24N4O3Si. The Morgan fingerprint density at radius 1 is 1.25 bits per heavy atom. The van der Waals surface area contributed by atoms with E-state index in [-0.39, 0.29) is 5.69 Å². The van der Waals surface area contributed by atoms with Crippen LogP contribution in [0.4, 0.5) is 0 Å². The van der Waals surface area contributed by atoms with E-state index in [1.807, 2.05) is 6.20 Å². The first kappa shape index (κ1) is 18.3. The third kappa shape index (κ3) is 5.54. The fraction of sp³-hybridized carbons (Fsp3) is 0.500. The summed E-state index contributed by atoms with van der Waals surface area (Å²) in [4.78, 5) is 11.6. The van der Waals surface area contributed by atoms with Crippen LogP contribution in [0, 0.1) is 0 Å². The van der Waals surface area contributed by atoms with E-state index < -0.39 is 14.0 Å². The zero-order chi connectivity index (χ0) is 17.6. The summed E-state index contributed by atoms with van der Waals surface area (Å²) in [6.45, 7) is 10.2. The van der Waals surface area contributed by atoms with E-state index in [0.29, 0.717) is 19.0 Å². The number of rotatable bonds is 8. The molecule has 2 rings (SSSR count). The third-order valence-electron chi connectivity index (χ3n) is 3.30. The van der Waals surface area contributed by atoms with Crippen molar-refractivity contribution in [3.05, 3.63) is 30.2 Å². The van der Waals surface area contributed by atoms with Crippen molar-refractivity contribution >= 4 is 14.0 Å². The van der Waals surface area contributed by atoms with Crippen molar-refractivity contribution in [2.45, 2.75) is 39.3 Å². The van der Waals surface area contributed by atoms with Crippen LogP contribution >= 0.6 is 0 Å². The lowest BCUT2D eigenvalue weighted by molar-refractivity contribution is 0.0518. The van der Waals surface area contributed by atoms with Crippen LogP contribution in [0.3, 0.4) is 0 Å². The first-order chi connectivity index (χ1) is 11.4. The summed E-state index contributed by atoms with van der Waals surface area (Å²) < 4.78 is 12.3. The average Bonchev–Trinajstić information content (AvgIpc) is 3.00. The minimum atomic E-state index is -1.07. The zero-order valence-electron chi connectivity index (χ0n) is 14.7. The fourth-order valence-corrected chi connectivity index (χ4v) is 2.66. The summed E-state index contributed by atoms with van der Waals surface area (Å²) in [7, 11) is -1.07. The van der Waals surface area contributed by atoms with Crippen LogP contribution in [0.25, 0.3) is 11.3 Å². The molecule has 0 radical (unpaired) electrons. The van der Waals surface area contributed by atoms with Crippen LogP contribution in [-0.2, 0) is 16.2 Å². The summed E-state index contributed by atoms with van der Waals surface area (Å²) in [5.74, 6) is -0.469. The van der Waals surface area contributed by atoms with Crippen molar-refractivity contribution in [3.8, 4) is 11.3 Å². The number of hydrogen-bond acceptors (Lipinski definition) is 6. The van der Waals surface area contributed by atoms with Crippen LogP contribution < -0.4 is 0 Å². The van der Waals surface area contributed by atoms with Crippen LogP contribution in [-0.4, -0.2) is 47.2 Å². The largest absolute Gasteiger partial charge is 0.461 e. The van der Waals surface area contributed by atoms with Gasteiger partial charge < -0.3 is 9.47 Å². The molecule has 0 bridgehead atoms. The van der Waals surface area contributed by atoms with E-state index >= 15 is 0 Å². The Kier molecular flexibility index (Phi) is 6.21. The van der Waals surface area contributed by atoms with Gasteiger partial charge in [0.05, 0.1) is 18.5 Å². The summed E-state index contributed by atoms with van der Waals surface area (Å²) in [6, 6.07) is 4.46. The smallest absolute Gasteiger partial charge is 0.358 e. The molecule has 0 unspecified atom stereocenters. The summed E-state index contributed by atoms with van der Waals surface area (Å²) >= 11 is 0. The van der Waals surface area contributed by atoms with E-state index in [9.17, 15) is 4.79 Å². The third-order valence-corrected chi connectivity index (χ3v) is 5.00. The molecule has 0 aliphatic rings. The number of hydrogen-bond donors (Lipinski definition) is 0. The second-order valence-corrected chi connectivity index (χ2v) is 12.3. The molecule has 0 atom stereocenters. The van der Waals surface area contributed by atoms with E-state index in [0.717, 1.165) is 18.2 Å². The predicted octanol–water partition coefficient (Wildman–Crippen LogP) is 2.83. The molecular weight excluding hydrogens is 324 g/mol. The van der Waals surface area contributed by atoms with Gasteiger partial charge in [-0.05, 0) is 25.1 Å². The van der Waals surface area contributed by atoms with Gasteiger partial charge in [-0.15, -0.1) is 10.2 Å². The Morgan fingerprint density at radius 3 is 2.67 bits per heavy atom. The second-order valence-electron chi connectivity index (χ2n) is 6.64. The molecule has 8 heteroatoms. The van der Waals surface area contributed by atoms with E-state index in [1.165, 1.54) is 0 Å². The lowest BCUT2D eigenvalue weighted by Crippen LogP contribution is -2.22. The molecule has 0 aliphatic carbocycles. The Bertz CT molecular complexity index is 665. The van der Waals surface area contributed by atoms with Crippen molar-refractivity contribution in [2.24, 2.45) is 0 Å². The highest BCUT2D eigenvalue weighted by molar-refractivity contribution is 6.76. The maximum atomic E-state index is 11.6. The van der Waals surface area contributed by atoms with Crippen molar-refractivity contribution < 1.29 is 14.3 Å². The summed E-state index contributed by atoms with van der Waals surface area (Å²) in [6.07, 6.45) is 3.55. The van der Waals surface area contributed by atoms with E-state index in [1.54, 1.807) is 29.9 Å². The highest BCUT2D eigenvalue weighted by Gasteiger charge is 2.13. The Balaban J connectivity index is 1.91. The SMILES string of the molecule is CCOC(=O)c1ccc(-c2cnn(COCC[Si](C)(C)C)c2)nn1. The monoisotopic (exact) mass is 348 g/mol. The number of nitrogens with zero attached hydrogens (tertiary/aromatic N) is 4. The molecule has 0 fully saturated rings. The lowest BCUT2D eigenvalue weighted by atomic mass is 10.2. The maximum absolute atomic E-state index is 11.6. The van der Waals surface area contributed by atoms with Gasteiger partial charge in [-0.1, -0.05) is 19.6 Å². The highest BCUT2D eigenvalue weighted by Crippen LogP contribution is 2.15. The number of aromatic nitrogens is 4. The van der Waals surface area contributed by atoms with Gasteiger partial charge in [0.15, 0.2) is 5.69 Å². The maximum Gasteiger partial charge on any atom is 0.358 e. The molecule has 0 amide bonds. The molecule has 2 aromatic rings. The number of carbonyl (C=O) groups is 1. The van der Waals surface area contributed by atoms with E-state index in [4.69, 9.17) is 9.47 Å². The normalized spacial score (nSPS) is 11.5. The second kappa shape index (κ2) is 8.16. The average molecular weight is 348 g/mol. The van der Waals surface area contributed by atoms with Gasteiger partial charge in [0.1, 0.15) is 6.73 Å². The molecule has 2 heterocycles. The standard InChI is InChI=1S/C16H24N4O3Si/c1-5-23-16(21)15-7-6-14(18-19-15)13-10-17-20(11-13)12-22-8-9-24(2,3)4/h6-7,10-11H,5,8-9,12H2,1-4H3. The topological polar surface area (TPSA) is 79.1 Å². The van der Waals surface area contributed by atoms with Crippen molar-refractivity contribution in [1.29, 1.82) is 0 Å². The number of carbonyl (C=O) groups excluding carboxylic acids is 1. The van der Waals surface area contributed by atoms with Crippen molar-refractivity contribution in [3.63, 3.8) is 0 Å². The fourth-order valence-electron chi connectivity index (χ4n) is 1.90. The molecule has 24 heavy (non-hydrogen) atoms. The molecule has 0 aliphatic heterocycles. The number of ether oxygens (including phenoxy) is 2.